The lowest BCUT2D eigenvalue weighted by Crippen LogP contribution is -2.44. The number of carbonyl (C=O) groups is 2. The summed E-state index contributed by atoms with van der Waals surface area (Å²) in [6, 6.07) is 21.0. The molecule has 3 heterocycles. The number of hydrogen-bond acceptors (Lipinski definition) is 5. The summed E-state index contributed by atoms with van der Waals surface area (Å²) in [5.41, 5.74) is 1.72. The van der Waals surface area contributed by atoms with E-state index in [1.807, 2.05) is 66.7 Å². The molecule has 31 heavy (non-hydrogen) atoms. The van der Waals surface area contributed by atoms with Crippen molar-refractivity contribution in [3.05, 3.63) is 72.3 Å². The highest BCUT2D eigenvalue weighted by atomic mass is 16.5. The molecule has 156 valence electrons. The van der Waals surface area contributed by atoms with Crippen molar-refractivity contribution >= 4 is 28.3 Å². The zero-order valence-electron chi connectivity index (χ0n) is 17.3. The molecule has 6 rings (SSSR count). The molecule has 6 heteroatoms. The molecule has 0 bridgehead atoms. The number of anilines is 1. The smallest absolute Gasteiger partial charge is 0.253 e. The lowest BCUT2D eigenvalue weighted by Gasteiger charge is -2.30. The summed E-state index contributed by atoms with van der Waals surface area (Å²) in [5.74, 6) is 0.138. The molecule has 3 atom stereocenters. The largest absolute Gasteiger partial charge is 0.497 e. The fourth-order valence-corrected chi connectivity index (χ4v) is 5.56. The molecule has 0 saturated carbocycles. The molecular formula is C25H23N3O3. The highest BCUT2D eigenvalue weighted by Crippen LogP contribution is 2.49. The van der Waals surface area contributed by atoms with Crippen LogP contribution in [0.1, 0.15) is 18.0 Å². The van der Waals surface area contributed by atoms with Gasteiger partial charge in [-0.2, -0.15) is 0 Å². The second-order valence-corrected chi connectivity index (χ2v) is 8.38. The lowest BCUT2D eigenvalue weighted by atomic mass is 9.90. The fraction of sp³-hybridized carbons (Fsp3) is 0.280. The second kappa shape index (κ2) is 6.90. The highest BCUT2D eigenvalue weighted by molar-refractivity contribution is 6.26. The molecule has 0 radical (unpaired) electrons. The van der Waals surface area contributed by atoms with E-state index in [0.717, 1.165) is 41.6 Å². The Bertz CT molecular complexity index is 1190. The first kappa shape index (κ1) is 18.5. The van der Waals surface area contributed by atoms with Crippen LogP contribution in [0.25, 0.3) is 10.8 Å². The molecule has 0 spiro atoms. The summed E-state index contributed by atoms with van der Waals surface area (Å²) in [4.78, 5) is 28.9. The number of amides is 2. The Balaban J connectivity index is 1.46. The van der Waals surface area contributed by atoms with Gasteiger partial charge in [0.1, 0.15) is 11.8 Å². The topological polar surface area (TPSA) is 53.1 Å². The van der Waals surface area contributed by atoms with Gasteiger partial charge in [0, 0.05) is 18.5 Å². The first-order valence-electron chi connectivity index (χ1n) is 10.7. The molecule has 0 N–H and O–H groups in total. The van der Waals surface area contributed by atoms with Gasteiger partial charge in [-0.15, -0.1) is 0 Å². The summed E-state index contributed by atoms with van der Waals surface area (Å²) in [5, 5.41) is 6.30. The zero-order valence-corrected chi connectivity index (χ0v) is 17.3. The van der Waals surface area contributed by atoms with E-state index in [-0.39, 0.29) is 17.9 Å². The van der Waals surface area contributed by atoms with Crippen molar-refractivity contribution in [2.45, 2.75) is 18.5 Å². The Morgan fingerprint density at radius 2 is 1.52 bits per heavy atom. The Morgan fingerprint density at radius 3 is 2.29 bits per heavy atom. The summed E-state index contributed by atoms with van der Waals surface area (Å²) in [6.07, 6.45) is 0.992. The van der Waals surface area contributed by atoms with E-state index in [2.05, 4.69) is 10.0 Å². The van der Waals surface area contributed by atoms with Crippen LogP contribution in [0.2, 0.25) is 0 Å². The number of imide groups is 1. The Labute approximate surface area is 180 Å². The molecule has 3 aromatic carbocycles. The van der Waals surface area contributed by atoms with Gasteiger partial charge >= 0.3 is 0 Å². The zero-order chi connectivity index (χ0) is 21.1. The minimum Gasteiger partial charge on any atom is -0.497 e. The predicted octanol–water partition coefficient (Wildman–Crippen LogP) is 3.38. The number of methoxy groups -OCH3 is 1. The van der Waals surface area contributed by atoms with Gasteiger partial charge in [-0.1, -0.05) is 48.5 Å². The van der Waals surface area contributed by atoms with E-state index >= 15 is 0 Å². The molecule has 3 fully saturated rings. The molecule has 3 saturated heterocycles. The van der Waals surface area contributed by atoms with Crippen molar-refractivity contribution in [3.63, 3.8) is 0 Å². The molecule has 0 aromatic heterocycles. The normalized spacial score (nSPS) is 26.0. The molecule has 3 aromatic rings. The van der Waals surface area contributed by atoms with Gasteiger partial charge in [0.25, 0.3) is 5.91 Å². The van der Waals surface area contributed by atoms with E-state index in [1.54, 1.807) is 7.11 Å². The van der Waals surface area contributed by atoms with Crippen LogP contribution in [0.5, 0.6) is 5.75 Å². The maximum absolute atomic E-state index is 13.8. The first-order chi connectivity index (χ1) is 15.2. The van der Waals surface area contributed by atoms with E-state index < -0.39 is 12.0 Å². The highest BCUT2D eigenvalue weighted by Gasteiger charge is 2.62. The van der Waals surface area contributed by atoms with Gasteiger partial charge in [0.15, 0.2) is 0 Å². The van der Waals surface area contributed by atoms with Gasteiger partial charge in [-0.3, -0.25) is 9.59 Å². The number of ether oxygens (including phenoxy) is 1. The van der Waals surface area contributed by atoms with Crippen molar-refractivity contribution in [2.75, 3.05) is 25.1 Å². The van der Waals surface area contributed by atoms with Crippen LogP contribution in [0.4, 0.5) is 5.69 Å². The SMILES string of the molecule is COc1ccc(C2C3C(=O)N(c4cccc5ccccc45)C(=O)C3N3CCCN23)cc1. The maximum Gasteiger partial charge on any atom is 0.253 e. The average Bonchev–Trinajstić information content (AvgIpc) is 3.46. The molecule has 3 aliphatic rings. The monoisotopic (exact) mass is 413 g/mol. The van der Waals surface area contributed by atoms with Crippen LogP contribution in [0, 0.1) is 5.92 Å². The van der Waals surface area contributed by atoms with Crippen LogP contribution >= 0.6 is 0 Å². The average molecular weight is 413 g/mol. The van der Waals surface area contributed by atoms with Crippen LogP contribution in [-0.4, -0.2) is 48.1 Å². The molecular weight excluding hydrogens is 390 g/mol. The quantitative estimate of drug-likeness (QED) is 0.616. The van der Waals surface area contributed by atoms with Crippen LogP contribution in [0.3, 0.4) is 0 Å². The number of fused-ring (bicyclic) bond motifs is 4. The standard InChI is InChI=1S/C25H23N3O3/c1-31-18-12-10-17(11-13-18)22-21-23(27-15-5-14-26(22)27)25(30)28(24(21)29)20-9-4-7-16-6-2-3-8-19(16)20/h2-4,6-13,21-23H,5,14-15H2,1H3. The van der Waals surface area contributed by atoms with Crippen molar-refractivity contribution < 1.29 is 14.3 Å². The Kier molecular flexibility index (Phi) is 4.13. The van der Waals surface area contributed by atoms with E-state index in [4.69, 9.17) is 4.74 Å². The number of rotatable bonds is 3. The van der Waals surface area contributed by atoms with E-state index in [0.29, 0.717) is 5.69 Å². The van der Waals surface area contributed by atoms with Crippen LogP contribution < -0.4 is 9.64 Å². The van der Waals surface area contributed by atoms with Gasteiger partial charge < -0.3 is 4.74 Å². The third kappa shape index (κ3) is 2.58. The predicted molar refractivity (Wildman–Crippen MR) is 117 cm³/mol. The summed E-state index contributed by atoms with van der Waals surface area (Å²) >= 11 is 0. The third-order valence-electron chi connectivity index (χ3n) is 6.87. The number of hydrazine groups is 1. The minimum absolute atomic E-state index is 0.110. The molecule has 0 aliphatic carbocycles. The number of hydrogen-bond donors (Lipinski definition) is 0. The van der Waals surface area contributed by atoms with Gasteiger partial charge in [0.05, 0.1) is 24.8 Å². The number of nitrogens with zero attached hydrogens (tertiary/aromatic N) is 3. The molecule has 6 nitrogen and oxygen atoms in total. The second-order valence-electron chi connectivity index (χ2n) is 8.38. The number of carbonyl (C=O) groups excluding carboxylic acids is 2. The van der Waals surface area contributed by atoms with Gasteiger partial charge in [-0.25, -0.2) is 14.9 Å². The van der Waals surface area contributed by atoms with Crippen molar-refractivity contribution in [1.82, 2.24) is 10.0 Å². The molecule has 3 aliphatic heterocycles. The molecule has 3 unspecified atom stereocenters. The van der Waals surface area contributed by atoms with E-state index in [9.17, 15) is 9.59 Å². The van der Waals surface area contributed by atoms with E-state index in [1.165, 1.54) is 4.90 Å². The number of benzene rings is 3. The van der Waals surface area contributed by atoms with Crippen molar-refractivity contribution in [3.8, 4) is 5.75 Å². The maximum atomic E-state index is 13.8. The lowest BCUT2D eigenvalue weighted by molar-refractivity contribution is -0.126. The third-order valence-corrected chi connectivity index (χ3v) is 6.87. The Hall–Kier alpha value is -3.22. The van der Waals surface area contributed by atoms with Crippen molar-refractivity contribution in [2.24, 2.45) is 5.92 Å². The summed E-state index contributed by atoms with van der Waals surface area (Å²) in [7, 11) is 1.64. The van der Waals surface area contributed by atoms with Gasteiger partial charge in [-0.05, 0) is 35.6 Å². The first-order valence-corrected chi connectivity index (χ1v) is 10.7. The summed E-state index contributed by atoms with van der Waals surface area (Å²) < 4.78 is 5.31. The van der Waals surface area contributed by atoms with Crippen LogP contribution in [0.15, 0.2) is 66.7 Å². The fourth-order valence-electron chi connectivity index (χ4n) is 5.56. The Morgan fingerprint density at radius 1 is 0.806 bits per heavy atom. The van der Waals surface area contributed by atoms with Crippen LogP contribution in [-0.2, 0) is 9.59 Å². The van der Waals surface area contributed by atoms with Gasteiger partial charge in [0.2, 0.25) is 5.91 Å². The molecule has 2 amide bonds. The summed E-state index contributed by atoms with van der Waals surface area (Å²) in [6.45, 7) is 1.66. The van der Waals surface area contributed by atoms with Crippen molar-refractivity contribution in [1.29, 1.82) is 0 Å². The minimum atomic E-state index is -0.443.